The number of ketones is 1. The number of aliphatic hydroxyl groups is 3. The SMILES string of the molecule is CCCCC[C@H](O)/C=C/[C@H]1C(=O)C[C@H](O)[C@@H]1CCCCCCC(=O)O[C@@H](CO)COC(=O)CCCCCCCCCCCC(C)C. The highest BCUT2D eigenvalue weighted by atomic mass is 16.6. The smallest absolute Gasteiger partial charge is 0.306 e. The van der Waals surface area contributed by atoms with Crippen LogP contribution in [0.25, 0.3) is 0 Å². The van der Waals surface area contributed by atoms with Gasteiger partial charge in [0.1, 0.15) is 12.4 Å². The molecule has 0 amide bonds. The van der Waals surface area contributed by atoms with E-state index < -0.39 is 30.9 Å². The van der Waals surface area contributed by atoms with E-state index in [0.717, 1.165) is 70.1 Å². The third-order valence-corrected chi connectivity index (χ3v) is 9.14. The molecule has 0 spiro atoms. The molecule has 0 aliphatic heterocycles. The van der Waals surface area contributed by atoms with Gasteiger partial charge in [0.15, 0.2) is 6.10 Å². The van der Waals surface area contributed by atoms with Gasteiger partial charge in [-0.3, -0.25) is 14.4 Å². The summed E-state index contributed by atoms with van der Waals surface area (Å²) >= 11 is 0. The van der Waals surface area contributed by atoms with E-state index in [2.05, 4.69) is 20.8 Å². The molecule has 3 N–H and O–H groups in total. The van der Waals surface area contributed by atoms with Crippen LogP contribution in [-0.4, -0.2) is 64.6 Å². The lowest BCUT2D eigenvalue weighted by Gasteiger charge is -2.19. The summed E-state index contributed by atoms with van der Waals surface area (Å²) in [6.45, 7) is 6.14. The van der Waals surface area contributed by atoms with Gasteiger partial charge in [0.2, 0.25) is 0 Å². The molecule has 0 aromatic heterocycles. The van der Waals surface area contributed by atoms with Crippen molar-refractivity contribution in [2.45, 2.75) is 180 Å². The number of Topliss-reactive ketones (excluding diaryl/α,β-unsaturated/α-hetero) is 1. The molecular formula is C38H68O8. The van der Waals surface area contributed by atoms with Crippen molar-refractivity contribution in [3.63, 3.8) is 0 Å². The van der Waals surface area contributed by atoms with Gasteiger partial charge in [-0.1, -0.05) is 129 Å². The number of carbonyl (C=O) groups is 3. The zero-order valence-corrected chi connectivity index (χ0v) is 29.5. The predicted molar refractivity (Wildman–Crippen MR) is 183 cm³/mol. The van der Waals surface area contributed by atoms with Crippen molar-refractivity contribution in [1.82, 2.24) is 0 Å². The number of hydrogen-bond donors (Lipinski definition) is 3. The zero-order valence-electron chi connectivity index (χ0n) is 29.5. The second-order valence-electron chi connectivity index (χ2n) is 13.9. The molecule has 0 aromatic carbocycles. The minimum absolute atomic E-state index is 0.0326. The Morgan fingerprint density at radius 3 is 2.00 bits per heavy atom. The Morgan fingerprint density at radius 2 is 1.39 bits per heavy atom. The molecule has 0 aromatic rings. The molecule has 1 aliphatic carbocycles. The summed E-state index contributed by atoms with van der Waals surface area (Å²) in [6, 6.07) is 0. The molecule has 8 heteroatoms. The molecule has 1 saturated carbocycles. The first-order chi connectivity index (χ1) is 22.2. The van der Waals surface area contributed by atoms with E-state index in [4.69, 9.17) is 9.47 Å². The average molecular weight is 653 g/mol. The lowest BCUT2D eigenvalue weighted by Crippen LogP contribution is -2.28. The number of rotatable bonds is 29. The summed E-state index contributed by atoms with van der Waals surface area (Å²) in [5.74, 6) is -0.398. The van der Waals surface area contributed by atoms with Crippen molar-refractivity contribution in [3.05, 3.63) is 12.2 Å². The highest BCUT2D eigenvalue weighted by Crippen LogP contribution is 2.34. The fourth-order valence-electron chi connectivity index (χ4n) is 6.23. The second kappa shape index (κ2) is 27.2. The van der Waals surface area contributed by atoms with Crippen molar-refractivity contribution in [2.75, 3.05) is 13.2 Å². The van der Waals surface area contributed by atoms with Gasteiger partial charge < -0.3 is 24.8 Å². The minimum atomic E-state index is -0.853. The third-order valence-electron chi connectivity index (χ3n) is 9.14. The molecule has 8 nitrogen and oxygen atoms in total. The summed E-state index contributed by atoms with van der Waals surface area (Å²) in [7, 11) is 0. The first kappa shape index (κ1) is 42.3. The molecule has 46 heavy (non-hydrogen) atoms. The topological polar surface area (TPSA) is 130 Å². The van der Waals surface area contributed by atoms with Crippen LogP contribution in [0.1, 0.15) is 162 Å². The van der Waals surface area contributed by atoms with Crippen LogP contribution in [0.5, 0.6) is 0 Å². The Morgan fingerprint density at radius 1 is 0.826 bits per heavy atom. The number of carbonyl (C=O) groups excluding carboxylic acids is 3. The van der Waals surface area contributed by atoms with Crippen molar-refractivity contribution in [1.29, 1.82) is 0 Å². The van der Waals surface area contributed by atoms with E-state index >= 15 is 0 Å². The molecule has 1 rings (SSSR count). The normalized spacial score (nSPS) is 19.6. The monoisotopic (exact) mass is 652 g/mol. The Labute approximate surface area is 280 Å². The van der Waals surface area contributed by atoms with Gasteiger partial charge in [-0.15, -0.1) is 0 Å². The zero-order chi connectivity index (χ0) is 34.0. The van der Waals surface area contributed by atoms with Crippen LogP contribution in [0.15, 0.2) is 12.2 Å². The number of allylic oxidation sites excluding steroid dienone is 1. The Hall–Kier alpha value is -1.77. The van der Waals surface area contributed by atoms with E-state index in [1.54, 1.807) is 12.2 Å². The number of esters is 2. The maximum absolute atomic E-state index is 12.4. The fraction of sp³-hybridized carbons (Fsp3) is 0.868. The third kappa shape index (κ3) is 21.2. The Kier molecular flexibility index (Phi) is 25.0. The Balaban J connectivity index is 2.12. The number of unbranched alkanes of at least 4 members (excludes halogenated alkanes) is 13. The van der Waals surface area contributed by atoms with E-state index in [9.17, 15) is 29.7 Å². The van der Waals surface area contributed by atoms with Crippen LogP contribution in [0.4, 0.5) is 0 Å². The first-order valence-electron chi connectivity index (χ1n) is 18.7. The Bertz CT molecular complexity index is 826. The molecule has 0 unspecified atom stereocenters. The van der Waals surface area contributed by atoms with Crippen molar-refractivity contribution in [2.24, 2.45) is 17.8 Å². The van der Waals surface area contributed by atoms with Gasteiger partial charge in [-0.2, -0.15) is 0 Å². The molecule has 268 valence electrons. The van der Waals surface area contributed by atoms with Gasteiger partial charge >= 0.3 is 11.9 Å². The van der Waals surface area contributed by atoms with Crippen LogP contribution in [0.3, 0.4) is 0 Å². The highest BCUT2D eigenvalue weighted by Gasteiger charge is 2.39. The summed E-state index contributed by atoms with van der Waals surface area (Å²) < 4.78 is 10.5. The standard InChI is InChI=1S/C38H68O8/c1-4-5-15-21-31(40)25-26-34-33(35(41)27-36(34)42)22-17-13-14-19-24-38(44)46-32(28-39)29-45-37(43)23-18-12-10-8-6-7-9-11-16-20-30(2)3/h25-26,30-35,39-41H,4-24,27-29H2,1-3H3/b26-25+/t31-,32-,33+,34+,35-/m0/s1. The van der Waals surface area contributed by atoms with Crippen molar-refractivity contribution in [3.8, 4) is 0 Å². The number of ether oxygens (including phenoxy) is 2. The van der Waals surface area contributed by atoms with Crippen molar-refractivity contribution < 1.29 is 39.2 Å². The summed E-state index contributed by atoms with van der Waals surface area (Å²) in [5, 5.41) is 30.2. The molecular weight excluding hydrogens is 584 g/mol. The quantitative estimate of drug-likeness (QED) is 0.0424. The lowest BCUT2D eigenvalue weighted by molar-refractivity contribution is -0.161. The molecule has 0 radical (unpaired) electrons. The largest absolute Gasteiger partial charge is 0.462 e. The summed E-state index contributed by atoms with van der Waals surface area (Å²) in [5.41, 5.74) is 0. The number of aliphatic hydroxyl groups excluding tert-OH is 3. The molecule has 0 saturated heterocycles. The van der Waals surface area contributed by atoms with Crippen molar-refractivity contribution >= 4 is 17.7 Å². The van der Waals surface area contributed by atoms with E-state index in [1.807, 2.05) is 0 Å². The number of hydrogen-bond acceptors (Lipinski definition) is 8. The lowest BCUT2D eigenvalue weighted by atomic mass is 9.88. The minimum Gasteiger partial charge on any atom is -0.462 e. The van der Waals surface area contributed by atoms with Crippen LogP contribution in [0, 0.1) is 17.8 Å². The van der Waals surface area contributed by atoms with E-state index in [1.165, 1.54) is 44.9 Å². The molecule has 5 atom stereocenters. The fourth-order valence-corrected chi connectivity index (χ4v) is 6.23. The van der Waals surface area contributed by atoms with E-state index in [-0.39, 0.29) is 43.0 Å². The van der Waals surface area contributed by atoms with E-state index in [0.29, 0.717) is 19.3 Å². The maximum atomic E-state index is 12.4. The molecule has 0 heterocycles. The van der Waals surface area contributed by atoms with Crippen LogP contribution in [-0.2, 0) is 23.9 Å². The molecule has 1 aliphatic rings. The second-order valence-corrected chi connectivity index (χ2v) is 13.9. The van der Waals surface area contributed by atoms with Gasteiger partial charge in [0.05, 0.1) is 18.8 Å². The van der Waals surface area contributed by atoms with Gasteiger partial charge in [0, 0.05) is 25.2 Å². The molecule has 1 fully saturated rings. The first-order valence-corrected chi connectivity index (χ1v) is 18.7. The average Bonchev–Trinajstić information content (AvgIpc) is 3.29. The predicted octanol–water partition coefficient (Wildman–Crippen LogP) is 7.78. The van der Waals surface area contributed by atoms with Crippen LogP contribution < -0.4 is 0 Å². The van der Waals surface area contributed by atoms with Gasteiger partial charge in [-0.05, 0) is 37.5 Å². The summed E-state index contributed by atoms with van der Waals surface area (Å²) in [4.78, 5) is 36.8. The molecule has 0 bridgehead atoms. The highest BCUT2D eigenvalue weighted by molar-refractivity contribution is 5.86. The maximum Gasteiger partial charge on any atom is 0.306 e. The van der Waals surface area contributed by atoms with Crippen LogP contribution in [0.2, 0.25) is 0 Å². The van der Waals surface area contributed by atoms with Crippen LogP contribution >= 0.6 is 0 Å². The van der Waals surface area contributed by atoms with Gasteiger partial charge in [-0.25, -0.2) is 0 Å². The van der Waals surface area contributed by atoms with Gasteiger partial charge in [0.25, 0.3) is 0 Å². The summed E-state index contributed by atoms with van der Waals surface area (Å²) in [6.07, 6.45) is 21.8.